The van der Waals surface area contributed by atoms with E-state index in [1.807, 2.05) is 12.1 Å². The molecule has 2 rings (SSSR count). The van der Waals surface area contributed by atoms with Gasteiger partial charge in [0, 0.05) is 5.02 Å². The number of Topliss-reactive ketones (excluding diaryl/α,β-unsaturated/α-hetero) is 1. The molecule has 0 aliphatic heterocycles. The lowest BCUT2D eigenvalue weighted by atomic mass is 10.3. The Morgan fingerprint density at radius 1 is 1.41 bits per heavy atom. The van der Waals surface area contributed by atoms with Gasteiger partial charge in [-0.3, -0.25) is 4.79 Å². The minimum Gasteiger partial charge on any atom is -0.299 e. The van der Waals surface area contributed by atoms with Crippen molar-refractivity contribution >= 4 is 29.1 Å². The molecule has 0 spiro atoms. The van der Waals surface area contributed by atoms with E-state index < -0.39 is 0 Å². The Kier molecular flexibility index (Phi) is 3.75. The van der Waals surface area contributed by atoms with Gasteiger partial charge in [-0.2, -0.15) is 4.68 Å². The number of thioether (sulfide) groups is 1. The Bertz CT molecular complexity index is 525. The van der Waals surface area contributed by atoms with E-state index in [1.54, 1.807) is 16.8 Å². The summed E-state index contributed by atoms with van der Waals surface area (Å²) in [6.07, 6.45) is 0. The highest BCUT2D eigenvalue weighted by Crippen LogP contribution is 2.19. The van der Waals surface area contributed by atoms with Gasteiger partial charge in [-0.1, -0.05) is 23.4 Å². The smallest absolute Gasteiger partial charge is 0.214 e. The van der Waals surface area contributed by atoms with E-state index in [2.05, 4.69) is 15.5 Å². The largest absolute Gasteiger partial charge is 0.299 e. The average Bonchev–Trinajstić information content (AvgIpc) is 2.75. The predicted octanol–water partition coefficient (Wildman–Crippen LogP) is 2.00. The van der Waals surface area contributed by atoms with Gasteiger partial charge in [0.05, 0.1) is 11.4 Å². The average molecular weight is 269 g/mol. The van der Waals surface area contributed by atoms with Gasteiger partial charge < -0.3 is 0 Å². The maximum atomic E-state index is 10.9. The van der Waals surface area contributed by atoms with Crippen LogP contribution in [0.15, 0.2) is 29.4 Å². The highest BCUT2D eigenvalue weighted by Gasteiger charge is 2.09. The Balaban J connectivity index is 2.24. The van der Waals surface area contributed by atoms with E-state index in [4.69, 9.17) is 11.6 Å². The highest BCUT2D eigenvalue weighted by atomic mass is 35.5. The van der Waals surface area contributed by atoms with Crippen LogP contribution in [-0.2, 0) is 4.79 Å². The van der Waals surface area contributed by atoms with Crippen molar-refractivity contribution < 1.29 is 4.79 Å². The van der Waals surface area contributed by atoms with Crippen LogP contribution in [-0.4, -0.2) is 31.7 Å². The summed E-state index contributed by atoms with van der Waals surface area (Å²) in [5, 5.41) is 12.6. The Labute approximate surface area is 107 Å². The normalized spacial score (nSPS) is 10.5. The van der Waals surface area contributed by atoms with Crippen LogP contribution in [0.4, 0.5) is 0 Å². The molecule has 1 aromatic heterocycles. The van der Waals surface area contributed by atoms with Crippen molar-refractivity contribution in [2.24, 2.45) is 0 Å². The molecular formula is C10H9ClN4OS. The number of hydrogen-bond donors (Lipinski definition) is 0. The number of nitrogens with zero attached hydrogens (tertiary/aromatic N) is 4. The van der Waals surface area contributed by atoms with Crippen molar-refractivity contribution in [1.82, 2.24) is 20.2 Å². The summed E-state index contributed by atoms with van der Waals surface area (Å²) in [5.41, 5.74) is 0.811. The molecule has 0 bridgehead atoms. The van der Waals surface area contributed by atoms with Crippen molar-refractivity contribution in [2.45, 2.75) is 12.1 Å². The standard InChI is InChI=1S/C10H9ClN4OS/c1-7(16)6-17-10-12-13-14-15(10)9-4-2-8(11)3-5-9/h2-5H,6H2,1H3. The number of halogens is 1. The van der Waals surface area contributed by atoms with Crippen LogP contribution >= 0.6 is 23.4 Å². The first kappa shape index (κ1) is 12.1. The number of aromatic nitrogens is 4. The monoisotopic (exact) mass is 268 g/mol. The van der Waals surface area contributed by atoms with Crippen LogP contribution in [0.5, 0.6) is 0 Å². The van der Waals surface area contributed by atoms with Crippen LogP contribution in [0.1, 0.15) is 6.92 Å². The number of ketones is 1. The van der Waals surface area contributed by atoms with Gasteiger partial charge >= 0.3 is 0 Å². The SMILES string of the molecule is CC(=O)CSc1nnnn1-c1ccc(Cl)cc1. The summed E-state index contributed by atoms with van der Waals surface area (Å²) < 4.78 is 1.57. The maximum Gasteiger partial charge on any atom is 0.214 e. The van der Waals surface area contributed by atoms with E-state index >= 15 is 0 Å². The molecule has 17 heavy (non-hydrogen) atoms. The molecule has 0 fully saturated rings. The second-order valence-corrected chi connectivity index (χ2v) is 4.72. The Hall–Kier alpha value is -1.40. The van der Waals surface area contributed by atoms with Crippen LogP contribution in [0.3, 0.4) is 0 Å². The minimum atomic E-state index is 0.0839. The number of tetrazole rings is 1. The zero-order valence-electron chi connectivity index (χ0n) is 9.00. The highest BCUT2D eigenvalue weighted by molar-refractivity contribution is 7.99. The van der Waals surface area contributed by atoms with Crippen molar-refractivity contribution in [3.63, 3.8) is 0 Å². The second-order valence-electron chi connectivity index (χ2n) is 3.34. The third-order valence-electron chi connectivity index (χ3n) is 1.92. The zero-order valence-corrected chi connectivity index (χ0v) is 10.6. The molecular weight excluding hydrogens is 260 g/mol. The second kappa shape index (κ2) is 5.29. The number of benzene rings is 1. The van der Waals surface area contributed by atoms with Crippen LogP contribution in [0, 0.1) is 0 Å². The van der Waals surface area contributed by atoms with Crippen LogP contribution in [0.2, 0.25) is 5.02 Å². The molecule has 0 amide bonds. The fourth-order valence-corrected chi connectivity index (χ4v) is 2.00. The van der Waals surface area contributed by atoms with Crippen LogP contribution < -0.4 is 0 Å². The van der Waals surface area contributed by atoms with Crippen molar-refractivity contribution in [1.29, 1.82) is 0 Å². The molecule has 1 heterocycles. The van der Waals surface area contributed by atoms with E-state index in [0.717, 1.165) is 5.69 Å². The van der Waals surface area contributed by atoms with Gasteiger partial charge in [-0.05, 0) is 41.6 Å². The fraction of sp³-hybridized carbons (Fsp3) is 0.200. The molecule has 1 aromatic carbocycles. The summed E-state index contributed by atoms with van der Waals surface area (Å²) >= 11 is 7.11. The van der Waals surface area contributed by atoms with Gasteiger partial charge in [0.15, 0.2) is 0 Å². The molecule has 0 aliphatic carbocycles. The fourth-order valence-electron chi connectivity index (χ4n) is 1.18. The van der Waals surface area contributed by atoms with Gasteiger partial charge in [-0.15, -0.1) is 5.10 Å². The molecule has 88 valence electrons. The maximum absolute atomic E-state index is 10.9. The van der Waals surface area contributed by atoms with E-state index in [-0.39, 0.29) is 5.78 Å². The summed E-state index contributed by atoms with van der Waals surface area (Å²) in [7, 11) is 0. The quantitative estimate of drug-likeness (QED) is 0.794. The van der Waals surface area contributed by atoms with Gasteiger partial charge in [0.25, 0.3) is 0 Å². The molecule has 0 saturated heterocycles. The number of carbonyl (C=O) groups excluding carboxylic acids is 1. The summed E-state index contributed by atoms with van der Waals surface area (Å²) in [4.78, 5) is 10.9. The van der Waals surface area contributed by atoms with Crippen molar-refractivity contribution in [2.75, 3.05) is 5.75 Å². The van der Waals surface area contributed by atoms with E-state index in [1.165, 1.54) is 18.7 Å². The van der Waals surface area contributed by atoms with Crippen molar-refractivity contribution in [3.05, 3.63) is 29.3 Å². The number of carbonyl (C=O) groups is 1. The van der Waals surface area contributed by atoms with E-state index in [9.17, 15) is 4.79 Å². The molecule has 0 N–H and O–H groups in total. The third kappa shape index (κ3) is 3.04. The van der Waals surface area contributed by atoms with E-state index in [0.29, 0.717) is 15.9 Å². The molecule has 5 nitrogen and oxygen atoms in total. The first-order chi connectivity index (χ1) is 8.16. The topological polar surface area (TPSA) is 60.7 Å². The number of hydrogen-bond acceptors (Lipinski definition) is 5. The molecule has 2 aromatic rings. The minimum absolute atomic E-state index is 0.0839. The summed E-state index contributed by atoms with van der Waals surface area (Å²) in [6, 6.07) is 7.16. The van der Waals surface area contributed by atoms with Gasteiger partial charge in [0.2, 0.25) is 5.16 Å². The number of rotatable bonds is 4. The Morgan fingerprint density at radius 3 is 2.76 bits per heavy atom. The summed E-state index contributed by atoms with van der Waals surface area (Å²) in [6.45, 7) is 1.53. The molecule has 0 aliphatic rings. The Morgan fingerprint density at radius 2 is 2.12 bits per heavy atom. The lowest BCUT2D eigenvalue weighted by Crippen LogP contribution is -2.01. The molecule has 7 heteroatoms. The van der Waals surface area contributed by atoms with Crippen LogP contribution in [0.25, 0.3) is 5.69 Å². The zero-order chi connectivity index (χ0) is 12.3. The molecule has 0 unspecified atom stereocenters. The van der Waals surface area contributed by atoms with Gasteiger partial charge in [-0.25, -0.2) is 0 Å². The molecule has 0 radical (unpaired) electrons. The first-order valence-electron chi connectivity index (χ1n) is 4.83. The molecule has 0 atom stereocenters. The van der Waals surface area contributed by atoms with Gasteiger partial charge in [0.1, 0.15) is 5.78 Å². The first-order valence-corrected chi connectivity index (χ1v) is 6.20. The third-order valence-corrected chi connectivity index (χ3v) is 3.23. The lowest BCUT2D eigenvalue weighted by molar-refractivity contribution is -0.114. The lowest BCUT2D eigenvalue weighted by Gasteiger charge is -2.02. The summed E-state index contributed by atoms with van der Waals surface area (Å²) in [5.74, 6) is 0.439. The molecule has 0 saturated carbocycles. The van der Waals surface area contributed by atoms with Crippen molar-refractivity contribution in [3.8, 4) is 5.69 Å². The predicted molar refractivity (Wildman–Crippen MR) is 65.6 cm³/mol.